The Morgan fingerprint density at radius 3 is 2.12 bits per heavy atom. The molecule has 0 aliphatic carbocycles. The SMILES string of the molecule is CC(C)(C)c1ccc(CC(=O)N2CCC3(CC2)CCN(CNC(=O)Cc2ccccc2)c2ccccc2O3)cc1. The molecular weight excluding hydrogens is 498 g/mol. The Bertz CT molecular complexity index is 1310. The molecule has 1 fully saturated rings. The summed E-state index contributed by atoms with van der Waals surface area (Å²) >= 11 is 0. The number of piperidine rings is 1. The van der Waals surface area contributed by atoms with Gasteiger partial charge in [0.2, 0.25) is 11.8 Å². The van der Waals surface area contributed by atoms with Crippen molar-refractivity contribution in [3.63, 3.8) is 0 Å². The molecule has 2 heterocycles. The number of likely N-dealkylation sites (tertiary alicyclic amines) is 1. The first-order chi connectivity index (χ1) is 19.2. The van der Waals surface area contributed by atoms with Gasteiger partial charge in [-0.05, 0) is 34.2 Å². The van der Waals surface area contributed by atoms with Gasteiger partial charge in [0.25, 0.3) is 0 Å². The fourth-order valence-corrected chi connectivity index (χ4v) is 5.66. The quantitative estimate of drug-likeness (QED) is 0.450. The zero-order chi connectivity index (χ0) is 28.2. The van der Waals surface area contributed by atoms with E-state index in [1.54, 1.807) is 0 Å². The van der Waals surface area contributed by atoms with Crippen molar-refractivity contribution in [1.29, 1.82) is 0 Å². The van der Waals surface area contributed by atoms with Crippen molar-refractivity contribution < 1.29 is 14.3 Å². The van der Waals surface area contributed by atoms with Crippen LogP contribution in [-0.4, -0.2) is 48.6 Å². The molecule has 0 radical (unpaired) electrons. The lowest BCUT2D eigenvalue weighted by Gasteiger charge is -2.41. The summed E-state index contributed by atoms with van der Waals surface area (Å²) in [5.41, 5.74) is 4.12. The minimum atomic E-state index is -0.315. The Hall–Kier alpha value is -3.80. The molecule has 1 N–H and O–H groups in total. The lowest BCUT2D eigenvalue weighted by atomic mass is 9.86. The summed E-state index contributed by atoms with van der Waals surface area (Å²) in [5.74, 6) is 1.02. The molecule has 5 rings (SSSR count). The summed E-state index contributed by atoms with van der Waals surface area (Å²) in [6, 6.07) is 26.3. The second-order valence-electron chi connectivity index (χ2n) is 12.2. The summed E-state index contributed by atoms with van der Waals surface area (Å²) in [7, 11) is 0. The molecule has 0 bridgehead atoms. The Morgan fingerprint density at radius 2 is 1.43 bits per heavy atom. The minimum Gasteiger partial charge on any atom is -0.485 e. The minimum absolute atomic E-state index is 0.00317. The van der Waals surface area contributed by atoms with Crippen LogP contribution in [0.25, 0.3) is 0 Å². The van der Waals surface area contributed by atoms with Crippen molar-refractivity contribution in [3.05, 3.63) is 95.6 Å². The van der Waals surface area contributed by atoms with Gasteiger partial charge in [0.1, 0.15) is 11.4 Å². The molecule has 2 aliphatic heterocycles. The van der Waals surface area contributed by atoms with E-state index in [2.05, 4.69) is 61.3 Å². The molecule has 3 aromatic carbocycles. The zero-order valence-corrected chi connectivity index (χ0v) is 24.0. The Kier molecular flexibility index (Phi) is 8.15. The number of amides is 2. The average Bonchev–Trinajstić information content (AvgIpc) is 3.09. The molecule has 6 heteroatoms. The van der Waals surface area contributed by atoms with Crippen LogP contribution >= 0.6 is 0 Å². The highest BCUT2D eigenvalue weighted by Crippen LogP contribution is 2.40. The Balaban J connectivity index is 1.18. The van der Waals surface area contributed by atoms with E-state index in [9.17, 15) is 9.59 Å². The van der Waals surface area contributed by atoms with Crippen LogP contribution in [0.4, 0.5) is 5.69 Å². The molecule has 40 heavy (non-hydrogen) atoms. The third kappa shape index (κ3) is 6.67. The Morgan fingerprint density at radius 1 is 0.800 bits per heavy atom. The number of rotatable bonds is 6. The molecule has 3 aromatic rings. The number of para-hydroxylation sites is 2. The van der Waals surface area contributed by atoms with E-state index in [0.29, 0.717) is 32.6 Å². The van der Waals surface area contributed by atoms with E-state index in [4.69, 9.17) is 4.74 Å². The van der Waals surface area contributed by atoms with Crippen LogP contribution in [0.1, 0.15) is 56.7 Å². The van der Waals surface area contributed by atoms with Gasteiger partial charge in [0.15, 0.2) is 0 Å². The predicted molar refractivity (Wildman–Crippen MR) is 160 cm³/mol. The monoisotopic (exact) mass is 539 g/mol. The highest BCUT2D eigenvalue weighted by Gasteiger charge is 2.40. The van der Waals surface area contributed by atoms with E-state index in [1.807, 2.05) is 53.4 Å². The third-order valence-electron chi connectivity index (χ3n) is 8.25. The maximum atomic E-state index is 13.2. The van der Waals surface area contributed by atoms with Gasteiger partial charge in [-0.2, -0.15) is 0 Å². The van der Waals surface area contributed by atoms with Gasteiger partial charge in [-0.3, -0.25) is 9.59 Å². The maximum absolute atomic E-state index is 13.2. The second kappa shape index (κ2) is 11.7. The van der Waals surface area contributed by atoms with Crippen LogP contribution in [0.15, 0.2) is 78.9 Å². The van der Waals surface area contributed by atoms with Gasteiger partial charge >= 0.3 is 0 Å². The normalized spacial score (nSPS) is 16.6. The summed E-state index contributed by atoms with van der Waals surface area (Å²) in [5, 5.41) is 3.10. The molecule has 0 saturated carbocycles. The van der Waals surface area contributed by atoms with E-state index in [1.165, 1.54) is 5.56 Å². The molecule has 0 atom stereocenters. The van der Waals surface area contributed by atoms with Gasteiger partial charge in [-0.15, -0.1) is 0 Å². The van der Waals surface area contributed by atoms with Crippen molar-refractivity contribution in [1.82, 2.24) is 10.2 Å². The first kappa shape index (κ1) is 27.8. The number of anilines is 1. The van der Waals surface area contributed by atoms with Crippen LogP contribution in [0.2, 0.25) is 0 Å². The highest BCUT2D eigenvalue weighted by molar-refractivity contribution is 5.79. The number of carbonyl (C=O) groups excluding carboxylic acids is 2. The number of hydrogen-bond donors (Lipinski definition) is 1. The van der Waals surface area contributed by atoms with Gasteiger partial charge in [0, 0.05) is 38.9 Å². The second-order valence-corrected chi connectivity index (χ2v) is 12.2. The van der Waals surface area contributed by atoms with Crippen LogP contribution in [0.5, 0.6) is 5.75 Å². The molecule has 6 nitrogen and oxygen atoms in total. The zero-order valence-electron chi connectivity index (χ0n) is 24.0. The molecule has 0 unspecified atom stereocenters. The maximum Gasteiger partial charge on any atom is 0.226 e. The van der Waals surface area contributed by atoms with Crippen molar-refractivity contribution in [2.75, 3.05) is 31.2 Å². The fourth-order valence-electron chi connectivity index (χ4n) is 5.66. The number of nitrogens with one attached hydrogen (secondary N) is 1. The van der Waals surface area contributed by atoms with E-state index >= 15 is 0 Å². The van der Waals surface area contributed by atoms with Crippen molar-refractivity contribution in [3.8, 4) is 5.75 Å². The molecule has 2 aliphatic rings. The molecule has 0 aromatic heterocycles. The number of nitrogens with zero attached hydrogens (tertiary/aromatic N) is 2. The molecular formula is C34H41N3O3. The van der Waals surface area contributed by atoms with Crippen LogP contribution in [-0.2, 0) is 27.8 Å². The smallest absolute Gasteiger partial charge is 0.226 e. The number of hydrogen-bond acceptors (Lipinski definition) is 4. The van der Waals surface area contributed by atoms with Gasteiger partial charge in [-0.1, -0.05) is 87.5 Å². The third-order valence-corrected chi connectivity index (χ3v) is 8.25. The van der Waals surface area contributed by atoms with Crippen molar-refractivity contribution >= 4 is 17.5 Å². The van der Waals surface area contributed by atoms with E-state index < -0.39 is 0 Å². The van der Waals surface area contributed by atoms with Gasteiger partial charge < -0.3 is 19.9 Å². The summed E-state index contributed by atoms with van der Waals surface area (Å²) < 4.78 is 6.72. The van der Waals surface area contributed by atoms with Crippen molar-refractivity contribution in [2.45, 2.75) is 63.9 Å². The summed E-state index contributed by atoms with van der Waals surface area (Å²) in [6.45, 7) is 9.19. The average molecular weight is 540 g/mol. The number of fused-ring (bicyclic) bond motifs is 1. The summed E-state index contributed by atoms with van der Waals surface area (Å²) in [6.07, 6.45) is 3.22. The van der Waals surface area contributed by atoms with Crippen LogP contribution in [0, 0.1) is 0 Å². The lowest BCUT2D eigenvalue weighted by Crippen LogP contribution is -2.50. The lowest BCUT2D eigenvalue weighted by molar-refractivity contribution is -0.134. The topological polar surface area (TPSA) is 61.9 Å². The fraction of sp³-hybridized carbons (Fsp3) is 0.412. The standard InChI is InChI=1S/C34H41N3O3/c1-33(2,3)28-15-13-27(14-16-28)24-32(39)36-20-17-34(18-21-36)19-22-37(29-11-7-8-12-30(29)40-34)25-35-31(38)23-26-9-5-4-6-10-26/h4-16H,17-25H2,1-3H3,(H,35,38). The number of carbonyl (C=O) groups is 2. The predicted octanol–water partition coefficient (Wildman–Crippen LogP) is 5.49. The molecule has 2 amide bonds. The first-order valence-electron chi connectivity index (χ1n) is 14.4. The van der Waals surface area contributed by atoms with Crippen LogP contribution < -0.4 is 15.0 Å². The van der Waals surface area contributed by atoms with Gasteiger partial charge in [0.05, 0.1) is 25.2 Å². The highest BCUT2D eigenvalue weighted by atomic mass is 16.5. The van der Waals surface area contributed by atoms with Crippen molar-refractivity contribution in [2.24, 2.45) is 0 Å². The molecule has 1 saturated heterocycles. The molecule has 1 spiro atoms. The number of ether oxygens (including phenoxy) is 1. The Labute approximate surface area is 238 Å². The first-order valence-corrected chi connectivity index (χ1v) is 14.4. The largest absolute Gasteiger partial charge is 0.485 e. The summed E-state index contributed by atoms with van der Waals surface area (Å²) in [4.78, 5) is 30.0. The molecule has 210 valence electrons. The number of benzene rings is 3. The van der Waals surface area contributed by atoms with E-state index in [-0.39, 0.29) is 22.8 Å². The van der Waals surface area contributed by atoms with Crippen LogP contribution in [0.3, 0.4) is 0 Å². The van der Waals surface area contributed by atoms with Gasteiger partial charge in [-0.25, -0.2) is 0 Å². The van der Waals surface area contributed by atoms with E-state index in [0.717, 1.165) is 48.4 Å².